The summed E-state index contributed by atoms with van der Waals surface area (Å²) in [4.78, 5) is 11.4. The Hall–Kier alpha value is -0.570. The molecule has 0 aromatic rings. The molecule has 3 aliphatic rings. The number of hydrogen-bond acceptors (Lipinski definition) is 3. The van der Waals surface area contributed by atoms with Crippen LogP contribution in [-0.4, -0.2) is 24.3 Å². The Balaban J connectivity index is 1.89. The van der Waals surface area contributed by atoms with Crippen LogP contribution in [0.1, 0.15) is 12.8 Å². The Labute approximate surface area is 77.1 Å². The highest BCUT2D eigenvalue weighted by atomic mass is 16.5. The molecular weight excluding hydrogens is 168 g/mol. The molecule has 13 heavy (non-hydrogen) atoms. The molecule has 2 bridgehead atoms. The maximum absolute atomic E-state index is 11.4. The summed E-state index contributed by atoms with van der Waals surface area (Å²) in [5.74, 6) is 2.07. The van der Waals surface area contributed by atoms with Crippen LogP contribution in [0.3, 0.4) is 0 Å². The van der Waals surface area contributed by atoms with E-state index in [4.69, 9.17) is 9.84 Å². The number of fused-ring (bicyclic) bond motifs is 5. The average molecular weight is 182 g/mol. The molecule has 0 aromatic carbocycles. The van der Waals surface area contributed by atoms with Crippen LogP contribution >= 0.6 is 0 Å². The van der Waals surface area contributed by atoms with Gasteiger partial charge in [0.25, 0.3) is 0 Å². The highest BCUT2D eigenvalue weighted by Crippen LogP contribution is 2.57. The summed E-state index contributed by atoms with van der Waals surface area (Å²) in [7, 11) is 0. The van der Waals surface area contributed by atoms with Gasteiger partial charge in [-0.05, 0) is 30.6 Å². The number of esters is 1. The van der Waals surface area contributed by atoms with Crippen molar-refractivity contribution in [2.75, 3.05) is 13.2 Å². The summed E-state index contributed by atoms with van der Waals surface area (Å²) in [6.07, 6.45) is 2.26. The third kappa shape index (κ3) is 0.857. The molecule has 3 rings (SSSR count). The molecule has 3 nitrogen and oxygen atoms in total. The number of carbonyl (C=O) groups excluding carboxylic acids is 1. The first-order chi connectivity index (χ1) is 6.31. The van der Waals surface area contributed by atoms with Crippen molar-refractivity contribution in [1.29, 1.82) is 0 Å². The second-order valence-corrected chi connectivity index (χ2v) is 4.66. The Kier molecular flexibility index (Phi) is 1.48. The maximum atomic E-state index is 11.4. The normalized spacial score (nSPS) is 52.4. The fraction of sp³-hybridized carbons (Fsp3) is 0.900. The Morgan fingerprint density at radius 3 is 3.00 bits per heavy atom. The van der Waals surface area contributed by atoms with Crippen LogP contribution < -0.4 is 0 Å². The summed E-state index contributed by atoms with van der Waals surface area (Å²) in [6.45, 7) is 0.889. The second kappa shape index (κ2) is 2.47. The first kappa shape index (κ1) is 7.80. The van der Waals surface area contributed by atoms with Gasteiger partial charge in [-0.3, -0.25) is 4.79 Å². The van der Waals surface area contributed by atoms with Gasteiger partial charge in [-0.15, -0.1) is 0 Å². The zero-order valence-corrected chi connectivity index (χ0v) is 7.48. The van der Waals surface area contributed by atoms with Gasteiger partial charge in [-0.25, -0.2) is 0 Å². The van der Waals surface area contributed by atoms with Gasteiger partial charge >= 0.3 is 5.97 Å². The minimum atomic E-state index is -0.00403. The summed E-state index contributed by atoms with van der Waals surface area (Å²) in [5.41, 5.74) is 0. The molecule has 0 amide bonds. The molecule has 0 radical (unpaired) electrons. The molecule has 5 atom stereocenters. The van der Waals surface area contributed by atoms with Crippen molar-refractivity contribution in [3.63, 3.8) is 0 Å². The molecule has 0 aromatic heterocycles. The van der Waals surface area contributed by atoms with Crippen molar-refractivity contribution in [3.05, 3.63) is 0 Å². The topological polar surface area (TPSA) is 46.5 Å². The van der Waals surface area contributed by atoms with E-state index >= 15 is 0 Å². The zero-order chi connectivity index (χ0) is 9.00. The Morgan fingerprint density at radius 2 is 2.23 bits per heavy atom. The smallest absolute Gasteiger partial charge is 0.309 e. The van der Waals surface area contributed by atoms with Gasteiger partial charge in [0.1, 0.15) is 0 Å². The number of aliphatic hydroxyl groups is 1. The first-order valence-electron chi connectivity index (χ1n) is 5.08. The summed E-state index contributed by atoms with van der Waals surface area (Å²) in [5, 5.41) is 9.14. The van der Waals surface area contributed by atoms with Gasteiger partial charge < -0.3 is 9.84 Å². The number of hydrogen-bond donors (Lipinski definition) is 1. The van der Waals surface area contributed by atoms with Gasteiger partial charge in [0.2, 0.25) is 0 Å². The van der Waals surface area contributed by atoms with E-state index in [0.29, 0.717) is 30.3 Å². The summed E-state index contributed by atoms with van der Waals surface area (Å²) in [6, 6.07) is 0. The van der Waals surface area contributed by atoms with Gasteiger partial charge in [-0.2, -0.15) is 0 Å². The van der Waals surface area contributed by atoms with E-state index in [1.54, 1.807) is 0 Å². The molecule has 1 heterocycles. The number of cyclic esters (lactones) is 1. The fourth-order valence-electron chi connectivity index (χ4n) is 3.68. The van der Waals surface area contributed by atoms with Crippen LogP contribution in [0.4, 0.5) is 0 Å². The molecule has 1 N–H and O–H groups in total. The van der Waals surface area contributed by atoms with E-state index in [1.807, 2.05) is 0 Å². The standard InChI is InChI=1S/C10H14O3/c11-3-6-1-5-2-7(6)9-8(5)4-13-10(9)12/h5-9,11H,1-4H2. The fourth-order valence-corrected chi connectivity index (χ4v) is 3.68. The molecule has 2 aliphatic carbocycles. The maximum Gasteiger partial charge on any atom is 0.309 e. The molecule has 3 heteroatoms. The van der Waals surface area contributed by atoms with Gasteiger partial charge in [0.05, 0.1) is 12.5 Å². The van der Waals surface area contributed by atoms with E-state index in [0.717, 1.165) is 12.8 Å². The molecule has 0 spiro atoms. The molecule has 1 saturated heterocycles. The van der Waals surface area contributed by atoms with Crippen molar-refractivity contribution in [2.24, 2.45) is 29.6 Å². The van der Waals surface area contributed by atoms with E-state index < -0.39 is 0 Å². The highest BCUT2D eigenvalue weighted by Gasteiger charge is 2.58. The minimum Gasteiger partial charge on any atom is -0.465 e. The predicted molar refractivity (Wildman–Crippen MR) is 44.7 cm³/mol. The lowest BCUT2D eigenvalue weighted by molar-refractivity contribution is -0.143. The minimum absolute atomic E-state index is 0.00403. The van der Waals surface area contributed by atoms with Crippen molar-refractivity contribution < 1.29 is 14.6 Å². The van der Waals surface area contributed by atoms with Crippen molar-refractivity contribution in [2.45, 2.75) is 12.8 Å². The first-order valence-corrected chi connectivity index (χ1v) is 5.08. The average Bonchev–Trinajstić information content (AvgIpc) is 2.76. The predicted octanol–water partition coefficient (Wildman–Crippen LogP) is 0.424. The highest BCUT2D eigenvalue weighted by molar-refractivity contribution is 5.76. The third-order valence-corrected chi connectivity index (χ3v) is 4.24. The Morgan fingerprint density at radius 1 is 1.38 bits per heavy atom. The number of aliphatic hydroxyl groups excluding tert-OH is 1. The lowest BCUT2D eigenvalue weighted by Crippen LogP contribution is -2.30. The monoisotopic (exact) mass is 182 g/mol. The number of carbonyl (C=O) groups is 1. The number of rotatable bonds is 1. The van der Waals surface area contributed by atoms with Crippen LogP contribution in [0, 0.1) is 29.6 Å². The lowest BCUT2D eigenvalue weighted by Gasteiger charge is -2.26. The molecule has 1 aliphatic heterocycles. The third-order valence-electron chi connectivity index (χ3n) is 4.24. The van der Waals surface area contributed by atoms with Crippen LogP contribution in [0.2, 0.25) is 0 Å². The van der Waals surface area contributed by atoms with E-state index in [2.05, 4.69) is 0 Å². The second-order valence-electron chi connectivity index (χ2n) is 4.66. The molecule has 2 saturated carbocycles. The van der Waals surface area contributed by atoms with Crippen LogP contribution in [-0.2, 0) is 9.53 Å². The van der Waals surface area contributed by atoms with Crippen molar-refractivity contribution in [1.82, 2.24) is 0 Å². The molecule has 5 unspecified atom stereocenters. The SMILES string of the molecule is O=C1OCC2C3CC(CO)C(C3)C12. The quantitative estimate of drug-likeness (QED) is 0.598. The van der Waals surface area contributed by atoms with Crippen LogP contribution in [0.5, 0.6) is 0 Å². The summed E-state index contributed by atoms with van der Waals surface area (Å²) < 4.78 is 5.07. The molecule has 3 fully saturated rings. The van der Waals surface area contributed by atoms with Gasteiger partial charge in [-0.1, -0.05) is 0 Å². The van der Waals surface area contributed by atoms with E-state index in [-0.39, 0.29) is 18.5 Å². The van der Waals surface area contributed by atoms with Crippen molar-refractivity contribution in [3.8, 4) is 0 Å². The van der Waals surface area contributed by atoms with E-state index in [1.165, 1.54) is 0 Å². The van der Waals surface area contributed by atoms with Crippen LogP contribution in [0.15, 0.2) is 0 Å². The largest absolute Gasteiger partial charge is 0.465 e. The zero-order valence-electron chi connectivity index (χ0n) is 7.48. The van der Waals surface area contributed by atoms with Gasteiger partial charge in [0.15, 0.2) is 0 Å². The molecular formula is C10H14O3. The number of ether oxygens (including phenoxy) is 1. The molecule has 72 valence electrons. The lowest BCUT2D eigenvalue weighted by atomic mass is 9.76. The summed E-state index contributed by atoms with van der Waals surface area (Å²) >= 11 is 0. The van der Waals surface area contributed by atoms with Crippen molar-refractivity contribution >= 4 is 5.97 Å². The van der Waals surface area contributed by atoms with E-state index in [9.17, 15) is 4.79 Å². The van der Waals surface area contributed by atoms with Gasteiger partial charge in [0, 0.05) is 12.5 Å². The Bertz CT molecular complexity index is 251. The van der Waals surface area contributed by atoms with Crippen LogP contribution in [0.25, 0.3) is 0 Å².